The highest BCUT2D eigenvalue weighted by molar-refractivity contribution is 6.06. The number of carbonyl (C=O) groups is 2. The molecule has 30 heavy (non-hydrogen) atoms. The van der Waals surface area contributed by atoms with Gasteiger partial charge in [-0.1, -0.05) is 24.3 Å². The molecule has 0 radical (unpaired) electrons. The van der Waals surface area contributed by atoms with Gasteiger partial charge in [0.15, 0.2) is 5.78 Å². The molecule has 0 unspecified atom stereocenters. The van der Waals surface area contributed by atoms with E-state index in [9.17, 15) is 14.0 Å². The van der Waals surface area contributed by atoms with Crippen molar-refractivity contribution in [2.75, 3.05) is 14.2 Å². The minimum atomic E-state index is -1.28. The Hall–Kier alpha value is -2.73. The van der Waals surface area contributed by atoms with Crippen LogP contribution in [-0.4, -0.2) is 43.0 Å². The van der Waals surface area contributed by atoms with Crippen molar-refractivity contribution >= 4 is 11.8 Å². The molecule has 2 aliphatic rings. The predicted octanol–water partition coefficient (Wildman–Crippen LogP) is 3.54. The fourth-order valence-corrected chi connectivity index (χ4v) is 5.13. The molecule has 2 fully saturated rings. The zero-order chi connectivity index (χ0) is 21.3. The smallest absolute Gasteiger partial charge is 0.321 e. The minimum absolute atomic E-state index is 0.0759. The van der Waals surface area contributed by atoms with Crippen LogP contribution in [0.2, 0.25) is 0 Å². The fourth-order valence-electron chi connectivity index (χ4n) is 5.13. The molecule has 6 heteroatoms. The third-order valence-corrected chi connectivity index (χ3v) is 6.58. The Morgan fingerprint density at radius 2 is 1.90 bits per heavy atom. The maximum Gasteiger partial charge on any atom is 0.321 e. The number of carbonyl (C=O) groups excluding carboxylic acids is 2. The van der Waals surface area contributed by atoms with Gasteiger partial charge in [-0.05, 0) is 54.7 Å². The summed E-state index contributed by atoms with van der Waals surface area (Å²) in [6.07, 6.45) is 2.14. The van der Waals surface area contributed by atoms with Gasteiger partial charge in [0, 0.05) is 25.0 Å². The number of hydrogen-bond acceptors (Lipinski definition) is 5. The lowest BCUT2D eigenvalue weighted by atomic mass is 9.68. The summed E-state index contributed by atoms with van der Waals surface area (Å²) in [5, 5.41) is 0. The fraction of sp³-hybridized carbons (Fsp3) is 0.417. The summed E-state index contributed by atoms with van der Waals surface area (Å²) >= 11 is 0. The summed E-state index contributed by atoms with van der Waals surface area (Å²) in [6.45, 7) is 0.627. The van der Waals surface area contributed by atoms with Gasteiger partial charge in [0.2, 0.25) is 0 Å². The van der Waals surface area contributed by atoms with E-state index in [-0.39, 0.29) is 30.1 Å². The largest absolute Gasteiger partial charge is 0.497 e. The molecule has 2 aromatic rings. The average Bonchev–Trinajstić information content (AvgIpc) is 3.07. The van der Waals surface area contributed by atoms with Crippen molar-refractivity contribution < 1.29 is 23.5 Å². The van der Waals surface area contributed by atoms with Crippen LogP contribution in [0.15, 0.2) is 48.5 Å². The minimum Gasteiger partial charge on any atom is -0.497 e. The van der Waals surface area contributed by atoms with Crippen LogP contribution in [0.4, 0.5) is 4.39 Å². The van der Waals surface area contributed by atoms with Crippen LogP contribution < -0.4 is 4.74 Å². The lowest BCUT2D eigenvalue weighted by Gasteiger charge is -2.45. The first kappa shape index (κ1) is 20.5. The molecule has 2 aliphatic heterocycles. The molecule has 0 spiro atoms. The van der Waals surface area contributed by atoms with E-state index >= 15 is 0 Å². The first-order valence-electron chi connectivity index (χ1n) is 10.2. The van der Waals surface area contributed by atoms with E-state index in [2.05, 4.69) is 4.90 Å². The number of nitrogens with zero attached hydrogens (tertiary/aromatic N) is 1. The quantitative estimate of drug-likeness (QED) is 0.538. The van der Waals surface area contributed by atoms with Crippen LogP contribution in [0.3, 0.4) is 0 Å². The van der Waals surface area contributed by atoms with E-state index in [1.54, 1.807) is 19.2 Å². The van der Waals surface area contributed by atoms with Gasteiger partial charge in [0.1, 0.15) is 17.0 Å². The molecule has 158 valence electrons. The molecule has 0 amide bonds. The molecule has 2 saturated heterocycles. The molecular weight excluding hydrogens is 385 g/mol. The molecule has 0 saturated carbocycles. The number of Topliss-reactive ketones (excluding diaryl/α,β-unsaturated/α-hetero) is 1. The normalized spacial score (nSPS) is 25.9. The first-order valence-corrected chi connectivity index (χ1v) is 10.2. The van der Waals surface area contributed by atoms with Crippen molar-refractivity contribution in [3.63, 3.8) is 0 Å². The standard InChI is InChI=1S/C24H26FNO4/c1-29-20-5-3-4-17(12-20)15-26-19-10-11-21(26)24(22(27)13-19,23(28)30-2)14-16-6-8-18(25)9-7-16/h3-9,12,19,21H,10-11,13-15H2,1-2H3/t19-,21-,24+/m1/s1. The molecule has 5 nitrogen and oxygen atoms in total. The van der Waals surface area contributed by atoms with Gasteiger partial charge in [-0.15, -0.1) is 0 Å². The van der Waals surface area contributed by atoms with Crippen LogP contribution in [-0.2, 0) is 27.3 Å². The molecule has 0 N–H and O–H groups in total. The average molecular weight is 411 g/mol. The van der Waals surface area contributed by atoms with E-state index in [1.807, 2.05) is 24.3 Å². The number of ether oxygens (including phenoxy) is 2. The highest BCUT2D eigenvalue weighted by Crippen LogP contribution is 2.48. The van der Waals surface area contributed by atoms with Crippen molar-refractivity contribution in [2.45, 2.75) is 44.3 Å². The molecule has 4 rings (SSSR count). The molecule has 2 heterocycles. The summed E-state index contributed by atoms with van der Waals surface area (Å²) < 4.78 is 23.9. The SMILES string of the molecule is COC(=O)[C@]1(Cc2ccc(F)cc2)C(=O)C[C@H]2CC[C@H]1N2Cc1cccc(OC)c1. The van der Waals surface area contributed by atoms with Gasteiger partial charge in [-0.25, -0.2) is 4.39 Å². The third-order valence-electron chi connectivity index (χ3n) is 6.58. The number of esters is 1. The third kappa shape index (κ3) is 3.49. The van der Waals surface area contributed by atoms with E-state index in [0.717, 1.165) is 29.7 Å². The predicted molar refractivity (Wildman–Crippen MR) is 110 cm³/mol. The van der Waals surface area contributed by atoms with Gasteiger partial charge in [-0.3, -0.25) is 14.5 Å². The molecular formula is C24H26FNO4. The number of ketones is 1. The highest BCUT2D eigenvalue weighted by Gasteiger charge is 2.61. The number of methoxy groups -OCH3 is 2. The molecule has 0 aliphatic carbocycles. The van der Waals surface area contributed by atoms with Crippen LogP contribution in [0.5, 0.6) is 5.75 Å². The summed E-state index contributed by atoms with van der Waals surface area (Å²) in [5.74, 6) is -0.147. The first-order chi connectivity index (χ1) is 14.5. The van der Waals surface area contributed by atoms with E-state index < -0.39 is 11.4 Å². The number of benzene rings is 2. The van der Waals surface area contributed by atoms with Crippen molar-refractivity contribution in [2.24, 2.45) is 5.41 Å². The Balaban J connectivity index is 1.70. The molecule has 2 bridgehead atoms. The molecule has 0 aromatic heterocycles. The van der Waals surface area contributed by atoms with Gasteiger partial charge in [0.05, 0.1) is 14.2 Å². The van der Waals surface area contributed by atoms with Crippen LogP contribution in [0.25, 0.3) is 0 Å². The van der Waals surface area contributed by atoms with Gasteiger partial charge >= 0.3 is 5.97 Å². The second kappa shape index (κ2) is 8.19. The zero-order valence-corrected chi connectivity index (χ0v) is 17.3. The van der Waals surface area contributed by atoms with Crippen molar-refractivity contribution in [1.29, 1.82) is 0 Å². The van der Waals surface area contributed by atoms with Crippen LogP contribution >= 0.6 is 0 Å². The van der Waals surface area contributed by atoms with E-state index in [0.29, 0.717) is 13.0 Å². The summed E-state index contributed by atoms with van der Waals surface area (Å²) in [7, 11) is 2.96. The van der Waals surface area contributed by atoms with Crippen LogP contribution in [0, 0.1) is 11.2 Å². The summed E-state index contributed by atoms with van der Waals surface area (Å²) in [6, 6.07) is 13.7. The number of rotatable bonds is 6. The maximum absolute atomic E-state index is 13.4. The van der Waals surface area contributed by atoms with Gasteiger partial charge in [0.25, 0.3) is 0 Å². The topological polar surface area (TPSA) is 55.8 Å². The van der Waals surface area contributed by atoms with Crippen molar-refractivity contribution in [3.05, 3.63) is 65.5 Å². The van der Waals surface area contributed by atoms with Crippen LogP contribution in [0.1, 0.15) is 30.4 Å². The second-order valence-electron chi connectivity index (χ2n) is 8.16. The Bertz CT molecular complexity index is 944. The summed E-state index contributed by atoms with van der Waals surface area (Å²) in [5.41, 5.74) is 0.543. The monoisotopic (exact) mass is 411 g/mol. The van der Waals surface area contributed by atoms with E-state index in [1.165, 1.54) is 19.2 Å². The van der Waals surface area contributed by atoms with Crippen molar-refractivity contribution in [1.82, 2.24) is 4.90 Å². The van der Waals surface area contributed by atoms with Gasteiger partial charge < -0.3 is 9.47 Å². The molecule has 2 aromatic carbocycles. The maximum atomic E-state index is 13.4. The zero-order valence-electron chi connectivity index (χ0n) is 17.3. The lowest BCUT2D eigenvalue weighted by molar-refractivity contribution is -0.167. The number of hydrogen-bond donors (Lipinski definition) is 0. The Kier molecular flexibility index (Phi) is 5.60. The number of piperidine rings is 1. The summed E-state index contributed by atoms with van der Waals surface area (Å²) in [4.78, 5) is 28.7. The Morgan fingerprint density at radius 3 is 2.60 bits per heavy atom. The number of fused-ring (bicyclic) bond motifs is 2. The van der Waals surface area contributed by atoms with E-state index in [4.69, 9.17) is 9.47 Å². The van der Waals surface area contributed by atoms with Gasteiger partial charge in [-0.2, -0.15) is 0 Å². The highest BCUT2D eigenvalue weighted by atomic mass is 19.1. The Morgan fingerprint density at radius 1 is 1.13 bits per heavy atom. The Labute approximate surface area is 175 Å². The molecule has 3 atom stereocenters. The second-order valence-corrected chi connectivity index (χ2v) is 8.16. The number of halogens is 1. The lowest BCUT2D eigenvalue weighted by Crippen LogP contribution is -2.61. The van der Waals surface area contributed by atoms with Crippen molar-refractivity contribution in [3.8, 4) is 5.75 Å².